The Balaban J connectivity index is 2.26. The van der Waals surface area contributed by atoms with E-state index in [-0.39, 0.29) is 0 Å². The highest BCUT2D eigenvalue weighted by Gasteiger charge is 2.06. The molecule has 0 heterocycles. The molecule has 0 amide bonds. The highest BCUT2D eigenvalue weighted by molar-refractivity contribution is 9.11. The Morgan fingerprint density at radius 3 is 2.11 bits per heavy atom. The zero-order valence-electron chi connectivity index (χ0n) is 9.41. The number of rotatable bonds is 3. The first-order valence-corrected chi connectivity index (χ1v) is 7.44. The van der Waals surface area contributed by atoms with E-state index in [2.05, 4.69) is 47.8 Å². The molecular formula is C13H9Br3O2. The smallest absolute Gasteiger partial charge is 0.141 e. The minimum Gasteiger partial charge on any atom is -0.496 e. The van der Waals surface area contributed by atoms with E-state index in [1.54, 1.807) is 7.11 Å². The van der Waals surface area contributed by atoms with Crippen LogP contribution in [0.15, 0.2) is 49.8 Å². The van der Waals surface area contributed by atoms with Gasteiger partial charge in [0, 0.05) is 4.47 Å². The van der Waals surface area contributed by atoms with Crippen LogP contribution in [0.2, 0.25) is 0 Å². The Morgan fingerprint density at radius 1 is 0.833 bits per heavy atom. The summed E-state index contributed by atoms with van der Waals surface area (Å²) in [5, 5.41) is 0. The quantitative estimate of drug-likeness (QED) is 0.607. The molecule has 0 radical (unpaired) electrons. The summed E-state index contributed by atoms with van der Waals surface area (Å²) in [4.78, 5) is 0. The van der Waals surface area contributed by atoms with Crippen molar-refractivity contribution in [3.63, 3.8) is 0 Å². The monoisotopic (exact) mass is 434 g/mol. The van der Waals surface area contributed by atoms with Crippen LogP contribution in [0.1, 0.15) is 0 Å². The molecular weight excluding hydrogens is 428 g/mol. The average Bonchev–Trinajstić information content (AvgIpc) is 2.33. The largest absolute Gasteiger partial charge is 0.496 e. The lowest BCUT2D eigenvalue weighted by atomic mass is 10.3. The van der Waals surface area contributed by atoms with Crippen LogP contribution in [0.25, 0.3) is 0 Å². The summed E-state index contributed by atoms with van der Waals surface area (Å²) in [5.74, 6) is 2.28. The van der Waals surface area contributed by atoms with Crippen LogP contribution in [0.5, 0.6) is 17.2 Å². The van der Waals surface area contributed by atoms with E-state index < -0.39 is 0 Å². The molecule has 0 N–H and O–H groups in total. The summed E-state index contributed by atoms with van der Waals surface area (Å²) in [7, 11) is 1.63. The lowest BCUT2D eigenvalue weighted by Gasteiger charge is -2.10. The van der Waals surface area contributed by atoms with Crippen LogP contribution < -0.4 is 9.47 Å². The van der Waals surface area contributed by atoms with E-state index in [4.69, 9.17) is 9.47 Å². The lowest BCUT2D eigenvalue weighted by molar-refractivity contribution is 0.410. The fourth-order valence-corrected chi connectivity index (χ4v) is 3.04. The summed E-state index contributed by atoms with van der Waals surface area (Å²) in [6.07, 6.45) is 0. The van der Waals surface area contributed by atoms with Crippen LogP contribution in [-0.2, 0) is 0 Å². The molecule has 5 heteroatoms. The summed E-state index contributed by atoms with van der Waals surface area (Å²) in [5.41, 5.74) is 0. The van der Waals surface area contributed by atoms with Gasteiger partial charge >= 0.3 is 0 Å². The summed E-state index contributed by atoms with van der Waals surface area (Å²) >= 11 is 10.3. The van der Waals surface area contributed by atoms with Gasteiger partial charge in [0.2, 0.25) is 0 Å². The SMILES string of the molecule is COc1ccc(Oc2ccc(Br)cc2Br)cc1Br. The third kappa shape index (κ3) is 3.28. The predicted octanol–water partition coefficient (Wildman–Crippen LogP) is 5.78. The second kappa shape index (κ2) is 6.08. The summed E-state index contributed by atoms with van der Waals surface area (Å²) in [6, 6.07) is 11.3. The van der Waals surface area contributed by atoms with E-state index in [9.17, 15) is 0 Å². The van der Waals surface area contributed by atoms with Gasteiger partial charge < -0.3 is 9.47 Å². The molecule has 18 heavy (non-hydrogen) atoms. The van der Waals surface area contributed by atoms with Crippen LogP contribution in [0.3, 0.4) is 0 Å². The number of hydrogen-bond donors (Lipinski definition) is 0. The molecule has 2 aromatic carbocycles. The Morgan fingerprint density at radius 2 is 1.50 bits per heavy atom. The van der Waals surface area contributed by atoms with E-state index in [1.165, 1.54) is 0 Å². The number of halogens is 3. The fraction of sp³-hybridized carbons (Fsp3) is 0.0769. The second-order valence-corrected chi connectivity index (χ2v) is 6.10. The molecule has 0 saturated carbocycles. The number of methoxy groups -OCH3 is 1. The predicted molar refractivity (Wildman–Crippen MR) is 82.6 cm³/mol. The van der Waals surface area contributed by atoms with Crippen molar-refractivity contribution in [2.75, 3.05) is 7.11 Å². The van der Waals surface area contributed by atoms with E-state index in [0.717, 1.165) is 30.7 Å². The maximum Gasteiger partial charge on any atom is 0.141 e. The van der Waals surface area contributed by atoms with Crippen molar-refractivity contribution in [3.05, 3.63) is 49.8 Å². The highest BCUT2D eigenvalue weighted by Crippen LogP contribution is 2.35. The van der Waals surface area contributed by atoms with Crippen molar-refractivity contribution in [2.24, 2.45) is 0 Å². The second-order valence-electron chi connectivity index (χ2n) is 3.47. The van der Waals surface area contributed by atoms with Gasteiger partial charge in [0.1, 0.15) is 17.2 Å². The Bertz CT molecular complexity index is 570. The molecule has 0 fully saturated rings. The van der Waals surface area contributed by atoms with Gasteiger partial charge in [-0.05, 0) is 68.3 Å². The fourth-order valence-electron chi connectivity index (χ4n) is 1.40. The molecule has 0 aliphatic carbocycles. The van der Waals surface area contributed by atoms with Crippen molar-refractivity contribution < 1.29 is 9.47 Å². The molecule has 0 unspecified atom stereocenters. The van der Waals surface area contributed by atoms with Gasteiger partial charge in [0.15, 0.2) is 0 Å². The van der Waals surface area contributed by atoms with Gasteiger partial charge in [0.25, 0.3) is 0 Å². The molecule has 0 aromatic heterocycles. The zero-order chi connectivity index (χ0) is 13.1. The molecule has 0 aliphatic rings. The lowest BCUT2D eigenvalue weighted by Crippen LogP contribution is -1.88. The van der Waals surface area contributed by atoms with Gasteiger partial charge in [-0.25, -0.2) is 0 Å². The minimum absolute atomic E-state index is 0.741. The summed E-state index contributed by atoms with van der Waals surface area (Å²) in [6.45, 7) is 0. The number of benzene rings is 2. The Hall–Kier alpha value is -0.520. The summed E-state index contributed by atoms with van der Waals surface area (Å²) < 4.78 is 13.7. The third-order valence-electron chi connectivity index (χ3n) is 2.24. The van der Waals surface area contributed by atoms with Crippen LogP contribution in [0, 0.1) is 0 Å². The van der Waals surface area contributed by atoms with Gasteiger partial charge in [-0.3, -0.25) is 0 Å². The van der Waals surface area contributed by atoms with Gasteiger partial charge in [-0.1, -0.05) is 15.9 Å². The zero-order valence-corrected chi connectivity index (χ0v) is 14.2. The maximum absolute atomic E-state index is 5.79. The molecule has 0 spiro atoms. The third-order valence-corrected chi connectivity index (χ3v) is 3.98. The Kier molecular flexibility index (Phi) is 4.70. The maximum atomic E-state index is 5.79. The first kappa shape index (κ1) is 13.9. The topological polar surface area (TPSA) is 18.5 Å². The molecule has 2 nitrogen and oxygen atoms in total. The Labute approximate surface area is 131 Å². The van der Waals surface area contributed by atoms with E-state index >= 15 is 0 Å². The van der Waals surface area contributed by atoms with Crippen molar-refractivity contribution >= 4 is 47.8 Å². The first-order chi connectivity index (χ1) is 8.60. The van der Waals surface area contributed by atoms with Crippen molar-refractivity contribution in [1.29, 1.82) is 0 Å². The van der Waals surface area contributed by atoms with Crippen LogP contribution in [-0.4, -0.2) is 7.11 Å². The van der Waals surface area contributed by atoms with Gasteiger partial charge in [0.05, 0.1) is 16.1 Å². The van der Waals surface area contributed by atoms with Crippen LogP contribution >= 0.6 is 47.8 Å². The van der Waals surface area contributed by atoms with E-state index in [1.807, 2.05) is 36.4 Å². The minimum atomic E-state index is 0.741. The standard InChI is InChI=1S/C13H9Br3O2/c1-17-12-5-3-9(7-11(12)16)18-13-4-2-8(14)6-10(13)15/h2-7H,1H3. The first-order valence-electron chi connectivity index (χ1n) is 5.06. The number of hydrogen-bond acceptors (Lipinski definition) is 2. The van der Waals surface area contributed by atoms with Gasteiger partial charge in [-0.15, -0.1) is 0 Å². The highest BCUT2D eigenvalue weighted by atomic mass is 79.9. The molecule has 0 saturated heterocycles. The molecule has 2 rings (SSSR count). The molecule has 94 valence electrons. The normalized spacial score (nSPS) is 10.2. The van der Waals surface area contributed by atoms with Crippen molar-refractivity contribution in [2.45, 2.75) is 0 Å². The molecule has 0 bridgehead atoms. The van der Waals surface area contributed by atoms with Crippen molar-refractivity contribution in [1.82, 2.24) is 0 Å². The molecule has 0 atom stereocenters. The molecule has 0 aliphatic heterocycles. The molecule has 2 aromatic rings. The number of ether oxygens (including phenoxy) is 2. The van der Waals surface area contributed by atoms with Crippen molar-refractivity contribution in [3.8, 4) is 17.2 Å². The average molecular weight is 437 g/mol. The van der Waals surface area contributed by atoms with E-state index in [0.29, 0.717) is 0 Å². The van der Waals surface area contributed by atoms with Crippen LogP contribution in [0.4, 0.5) is 0 Å². The van der Waals surface area contributed by atoms with Gasteiger partial charge in [-0.2, -0.15) is 0 Å².